The van der Waals surface area contributed by atoms with Gasteiger partial charge in [-0.2, -0.15) is 0 Å². The summed E-state index contributed by atoms with van der Waals surface area (Å²) in [6, 6.07) is 8.04. The van der Waals surface area contributed by atoms with E-state index in [1.165, 1.54) is 5.56 Å². The number of amides is 1. The fraction of sp³-hybridized carbons (Fsp3) is 0.533. The Bertz CT molecular complexity index is 380. The summed E-state index contributed by atoms with van der Waals surface area (Å²) >= 11 is 0. The summed E-state index contributed by atoms with van der Waals surface area (Å²) in [6.45, 7) is 6.01. The van der Waals surface area contributed by atoms with Gasteiger partial charge in [-0.3, -0.25) is 4.79 Å². The average Bonchev–Trinajstić information content (AvgIpc) is 2.38. The lowest BCUT2D eigenvalue weighted by Crippen LogP contribution is -2.33. The second-order valence-electron chi connectivity index (χ2n) is 4.98. The minimum Gasteiger partial charge on any atom is -0.493 e. The van der Waals surface area contributed by atoms with Crippen molar-refractivity contribution in [2.24, 2.45) is 5.92 Å². The molecule has 4 nitrogen and oxygen atoms in total. The number of carbonyl (C=O) groups is 1. The summed E-state index contributed by atoms with van der Waals surface area (Å²) in [5.74, 6) is 1.46. The highest BCUT2D eigenvalue weighted by molar-refractivity contribution is 5.85. The molecule has 0 aliphatic carbocycles. The van der Waals surface area contributed by atoms with E-state index in [-0.39, 0.29) is 18.3 Å². The number of hydrogen-bond donors (Lipinski definition) is 2. The molecule has 0 atom stereocenters. The van der Waals surface area contributed by atoms with Crippen LogP contribution in [0.5, 0.6) is 5.75 Å². The van der Waals surface area contributed by atoms with Gasteiger partial charge in [0.1, 0.15) is 5.75 Å². The van der Waals surface area contributed by atoms with E-state index in [9.17, 15) is 4.79 Å². The zero-order chi connectivity index (χ0) is 14.1. The van der Waals surface area contributed by atoms with E-state index in [0.717, 1.165) is 18.8 Å². The first-order valence-corrected chi connectivity index (χ1v) is 6.75. The molecule has 20 heavy (non-hydrogen) atoms. The number of benzene rings is 1. The maximum absolute atomic E-state index is 11.2. The fourth-order valence-corrected chi connectivity index (χ4v) is 1.58. The maximum atomic E-state index is 11.2. The third kappa shape index (κ3) is 8.02. The zero-order valence-electron chi connectivity index (χ0n) is 12.4. The minimum atomic E-state index is 0. The first-order valence-electron chi connectivity index (χ1n) is 6.75. The van der Waals surface area contributed by atoms with Crippen LogP contribution in [0.2, 0.25) is 0 Å². The molecule has 0 spiro atoms. The van der Waals surface area contributed by atoms with E-state index in [1.54, 1.807) is 7.05 Å². The van der Waals surface area contributed by atoms with E-state index in [1.807, 2.05) is 24.3 Å². The number of halogens is 1. The van der Waals surface area contributed by atoms with Crippen molar-refractivity contribution in [3.8, 4) is 5.75 Å². The normalized spacial score (nSPS) is 10.0. The molecule has 114 valence electrons. The van der Waals surface area contributed by atoms with Gasteiger partial charge < -0.3 is 15.4 Å². The van der Waals surface area contributed by atoms with Crippen molar-refractivity contribution in [1.82, 2.24) is 10.6 Å². The van der Waals surface area contributed by atoms with Crippen LogP contribution in [0.3, 0.4) is 0 Å². The SMILES string of the molecule is CNCC(=O)NCCc1ccc(OCC(C)C)cc1.Cl. The van der Waals surface area contributed by atoms with Crippen LogP contribution in [-0.4, -0.2) is 32.7 Å². The Kier molecular flexibility index (Phi) is 9.86. The zero-order valence-corrected chi connectivity index (χ0v) is 13.3. The van der Waals surface area contributed by atoms with Crippen LogP contribution in [0.25, 0.3) is 0 Å². The first-order chi connectivity index (χ1) is 9.11. The van der Waals surface area contributed by atoms with Crippen LogP contribution in [0.15, 0.2) is 24.3 Å². The highest BCUT2D eigenvalue weighted by atomic mass is 35.5. The molecule has 0 saturated carbocycles. The molecule has 1 aromatic rings. The van der Waals surface area contributed by atoms with E-state index in [4.69, 9.17) is 4.74 Å². The van der Waals surface area contributed by atoms with E-state index >= 15 is 0 Å². The van der Waals surface area contributed by atoms with Gasteiger partial charge in [0.05, 0.1) is 13.2 Å². The van der Waals surface area contributed by atoms with E-state index in [0.29, 0.717) is 19.0 Å². The summed E-state index contributed by atoms with van der Waals surface area (Å²) in [5, 5.41) is 5.67. The molecular weight excluding hydrogens is 276 g/mol. The van der Waals surface area contributed by atoms with Crippen molar-refractivity contribution in [3.63, 3.8) is 0 Å². The number of carbonyl (C=O) groups excluding carboxylic acids is 1. The lowest BCUT2D eigenvalue weighted by molar-refractivity contribution is -0.120. The Balaban J connectivity index is 0.00000361. The van der Waals surface area contributed by atoms with Crippen molar-refractivity contribution in [2.75, 3.05) is 26.7 Å². The van der Waals surface area contributed by atoms with Gasteiger partial charge in [-0.15, -0.1) is 12.4 Å². The largest absolute Gasteiger partial charge is 0.493 e. The number of rotatable bonds is 8. The van der Waals surface area contributed by atoms with Crippen LogP contribution in [0.4, 0.5) is 0 Å². The Labute approximate surface area is 127 Å². The molecule has 0 fully saturated rings. The standard InChI is InChI=1S/C15H24N2O2.ClH/c1-12(2)11-19-14-6-4-13(5-7-14)8-9-17-15(18)10-16-3;/h4-7,12,16H,8-11H2,1-3H3,(H,17,18);1H. The van der Waals surface area contributed by atoms with Crippen molar-refractivity contribution >= 4 is 18.3 Å². The summed E-state index contributed by atoms with van der Waals surface area (Å²) in [7, 11) is 1.76. The molecule has 2 N–H and O–H groups in total. The number of ether oxygens (including phenoxy) is 1. The summed E-state index contributed by atoms with van der Waals surface area (Å²) in [4.78, 5) is 11.2. The Morgan fingerprint density at radius 2 is 1.90 bits per heavy atom. The monoisotopic (exact) mass is 300 g/mol. The predicted molar refractivity (Wildman–Crippen MR) is 84.7 cm³/mol. The van der Waals surface area contributed by atoms with Crippen molar-refractivity contribution < 1.29 is 9.53 Å². The molecule has 0 aromatic heterocycles. The molecule has 0 aliphatic heterocycles. The van der Waals surface area contributed by atoms with Gasteiger partial charge in [0, 0.05) is 6.54 Å². The molecule has 0 radical (unpaired) electrons. The molecule has 0 saturated heterocycles. The second-order valence-corrected chi connectivity index (χ2v) is 4.98. The molecular formula is C15H25ClN2O2. The Hall–Kier alpha value is -1.26. The third-order valence-corrected chi connectivity index (χ3v) is 2.58. The molecule has 0 heterocycles. The summed E-state index contributed by atoms with van der Waals surface area (Å²) in [6.07, 6.45) is 0.833. The van der Waals surface area contributed by atoms with Crippen LogP contribution in [0, 0.1) is 5.92 Å². The molecule has 0 unspecified atom stereocenters. The molecule has 0 bridgehead atoms. The van der Waals surface area contributed by atoms with Crippen molar-refractivity contribution in [1.29, 1.82) is 0 Å². The van der Waals surface area contributed by atoms with Crippen LogP contribution >= 0.6 is 12.4 Å². The molecule has 1 aromatic carbocycles. The minimum absolute atomic E-state index is 0. The lowest BCUT2D eigenvalue weighted by Gasteiger charge is -2.09. The Morgan fingerprint density at radius 3 is 2.45 bits per heavy atom. The predicted octanol–water partition coefficient (Wildman–Crippen LogP) is 2.02. The highest BCUT2D eigenvalue weighted by Gasteiger charge is 2.00. The van der Waals surface area contributed by atoms with Gasteiger partial charge in [0.25, 0.3) is 0 Å². The van der Waals surface area contributed by atoms with Crippen molar-refractivity contribution in [2.45, 2.75) is 20.3 Å². The van der Waals surface area contributed by atoms with Gasteiger partial charge in [-0.05, 0) is 37.1 Å². The van der Waals surface area contributed by atoms with Crippen LogP contribution < -0.4 is 15.4 Å². The van der Waals surface area contributed by atoms with Crippen molar-refractivity contribution in [3.05, 3.63) is 29.8 Å². The van der Waals surface area contributed by atoms with Gasteiger partial charge in [0.15, 0.2) is 0 Å². The van der Waals surface area contributed by atoms with E-state index < -0.39 is 0 Å². The highest BCUT2D eigenvalue weighted by Crippen LogP contribution is 2.13. The van der Waals surface area contributed by atoms with Gasteiger partial charge in [0.2, 0.25) is 5.91 Å². The smallest absolute Gasteiger partial charge is 0.233 e. The topological polar surface area (TPSA) is 50.4 Å². The Morgan fingerprint density at radius 1 is 1.25 bits per heavy atom. The number of likely N-dealkylation sites (N-methyl/N-ethyl adjacent to an activating group) is 1. The molecule has 1 rings (SSSR count). The lowest BCUT2D eigenvalue weighted by atomic mass is 10.1. The van der Waals surface area contributed by atoms with Gasteiger partial charge >= 0.3 is 0 Å². The van der Waals surface area contributed by atoms with E-state index in [2.05, 4.69) is 24.5 Å². The molecule has 5 heteroatoms. The van der Waals surface area contributed by atoms with Gasteiger partial charge in [-0.25, -0.2) is 0 Å². The maximum Gasteiger partial charge on any atom is 0.233 e. The molecule has 1 amide bonds. The fourth-order valence-electron chi connectivity index (χ4n) is 1.58. The molecule has 0 aliphatic rings. The van der Waals surface area contributed by atoms with Crippen LogP contribution in [0.1, 0.15) is 19.4 Å². The number of hydrogen-bond acceptors (Lipinski definition) is 3. The third-order valence-electron chi connectivity index (χ3n) is 2.58. The quantitative estimate of drug-likeness (QED) is 0.772. The summed E-state index contributed by atoms with van der Waals surface area (Å²) in [5.41, 5.74) is 1.20. The second kappa shape index (κ2) is 10.5. The van der Waals surface area contributed by atoms with Gasteiger partial charge in [-0.1, -0.05) is 26.0 Å². The summed E-state index contributed by atoms with van der Waals surface area (Å²) < 4.78 is 5.62. The van der Waals surface area contributed by atoms with Crippen LogP contribution in [-0.2, 0) is 11.2 Å². The average molecular weight is 301 g/mol. The first kappa shape index (κ1) is 18.7. The number of nitrogens with one attached hydrogen (secondary N) is 2.